The molecule has 0 aromatic heterocycles. The molecule has 1 aliphatic heterocycles. The van der Waals surface area contributed by atoms with E-state index in [2.05, 4.69) is 0 Å². The number of hydrogen-bond acceptors (Lipinski definition) is 2. The number of nitrogens with two attached hydrogens (primary N) is 1. The molecule has 0 atom stereocenters. The van der Waals surface area contributed by atoms with Crippen molar-refractivity contribution < 1.29 is 13.9 Å². The minimum atomic E-state index is -0.795. The van der Waals surface area contributed by atoms with Crippen LogP contribution in [0.4, 0.5) is 4.39 Å². The van der Waals surface area contributed by atoms with E-state index in [9.17, 15) is 9.18 Å². The van der Waals surface area contributed by atoms with Crippen LogP contribution in [0.1, 0.15) is 10.4 Å². The normalized spacial score (nSPS) is 11.7. The van der Waals surface area contributed by atoms with Crippen molar-refractivity contribution in [2.75, 3.05) is 0 Å². The van der Waals surface area contributed by atoms with Crippen molar-refractivity contribution in [2.24, 2.45) is 5.73 Å². The van der Waals surface area contributed by atoms with Crippen LogP contribution in [-0.2, 0) is 0 Å². The van der Waals surface area contributed by atoms with E-state index in [0.717, 1.165) is 6.07 Å². The summed E-state index contributed by atoms with van der Waals surface area (Å²) in [5.74, 6) is -0.622. The van der Waals surface area contributed by atoms with E-state index in [0.29, 0.717) is 5.75 Å². The highest BCUT2D eigenvalue weighted by molar-refractivity contribution is 5.98. The van der Waals surface area contributed by atoms with Crippen LogP contribution >= 0.6 is 0 Å². The van der Waals surface area contributed by atoms with Crippen LogP contribution < -0.4 is 10.5 Å². The van der Waals surface area contributed by atoms with Crippen molar-refractivity contribution >= 4 is 5.91 Å². The minimum absolute atomic E-state index is 0.150. The predicted molar refractivity (Wildman–Crippen MR) is 35.0 cm³/mol. The molecular weight excluding hydrogens is 149 g/mol. The van der Waals surface area contributed by atoms with Crippen molar-refractivity contribution in [1.29, 1.82) is 0 Å². The van der Waals surface area contributed by atoms with Gasteiger partial charge in [-0.25, -0.2) is 4.39 Å². The zero-order valence-corrected chi connectivity index (χ0v) is 5.43. The van der Waals surface area contributed by atoms with E-state index in [1.165, 1.54) is 6.07 Å². The SMILES string of the molecule is NC(=O)c1c(F)ccc2c1O2. The Hall–Kier alpha value is -1.58. The van der Waals surface area contributed by atoms with Gasteiger partial charge in [0.25, 0.3) is 5.91 Å². The topological polar surface area (TPSA) is 55.6 Å². The Balaban J connectivity index is 2.64. The number of hydrogen-bond donors (Lipinski definition) is 1. The molecule has 2 N–H and O–H groups in total. The first-order valence-corrected chi connectivity index (χ1v) is 3.00. The van der Waals surface area contributed by atoms with Gasteiger partial charge in [-0.3, -0.25) is 4.79 Å². The number of primary amides is 1. The fourth-order valence-electron chi connectivity index (χ4n) is 0.939. The van der Waals surface area contributed by atoms with Gasteiger partial charge in [0.2, 0.25) is 0 Å². The van der Waals surface area contributed by atoms with Gasteiger partial charge in [-0.05, 0) is 12.1 Å². The molecule has 2 rings (SSSR count). The van der Waals surface area contributed by atoms with E-state index in [4.69, 9.17) is 10.5 Å². The Morgan fingerprint density at radius 3 is 2.82 bits per heavy atom. The first-order valence-electron chi connectivity index (χ1n) is 3.00. The summed E-state index contributed by atoms with van der Waals surface area (Å²) in [6.07, 6.45) is 0. The summed E-state index contributed by atoms with van der Waals surface area (Å²) < 4.78 is 17.5. The van der Waals surface area contributed by atoms with Crippen LogP contribution in [0.25, 0.3) is 0 Å². The highest BCUT2D eigenvalue weighted by Crippen LogP contribution is 2.48. The van der Waals surface area contributed by atoms with Crippen LogP contribution in [0.3, 0.4) is 0 Å². The largest absolute Gasteiger partial charge is 0.449 e. The lowest BCUT2D eigenvalue weighted by Gasteiger charge is -1.90. The van der Waals surface area contributed by atoms with E-state index in [1.54, 1.807) is 0 Å². The molecule has 0 radical (unpaired) electrons. The molecule has 1 amide bonds. The fourth-order valence-corrected chi connectivity index (χ4v) is 0.939. The Morgan fingerprint density at radius 1 is 1.55 bits per heavy atom. The van der Waals surface area contributed by atoms with E-state index in [-0.39, 0.29) is 11.3 Å². The van der Waals surface area contributed by atoms with Gasteiger partial charge in [0.05, 0.1) is 0 Å². The third-order valence-corrected chi connectivity index (χ3v) is 1.49. The third-order valence-electron chi connectivity index (χ3n) is 1.49. The van der Waals surface area contributed by atoms with Gasteiger partial charge < -0.3 is 10.5 Å². The van der Waals surface area contributed by atoms with Gasteiger partial charge in [-0.15, -0.1) is 0 Å². The molecule has 1 heterocycles. The number of halogens is 1. The first kappa shape index (κ1) is 6.15. The maximum atomic E-state index is 12.8. The summed E-state index contributed by atoms with van der Waals surface area (Å²) in [6, 6.07) is 2.61. The van der Waals surface area contributed by atoms with E-state index >= 15 is 0 Å². The average Bonchev–Trinajstić information content (AvgIpc) is 2.64. The smallest absolute Gasteiger partial charge is 0.255 e. The Bertz CT molecular complexity index is 345. The molecule has 0 fully saturated rings. The molecule has 0 unspecified atom stereocenters. The van der Waals surface area contributed by atoms with E-state index < -0.39 is 11.7 Å². The number of amides is 1. The molecule has 3 nitrogen and oxygen atoms in total. The number of fused-ring (bicyclic) bond motifs is 1. The lowest BCUT2D eigenvalue weighted by atomic mass is 10.2. The second kappa shape index (κ2) is 1.72. The lowest BCUT2D eigenvalue weighted by molar-refractivity contribution is 0.0996. The fraction of sp³-hybridized carbons (Fsp3) is 0. The first-order chi connectivity index (χ1) is 5.20. The highest BCUT2D eigenvalue weighted by atomic mass is 19.1. The Kier molecular flexibility index (Phi) is 0.961. The molecule has 11 heavy (non-hydrogen) atoms. The van der Waals surface area contributed by atoms with Crippen molar-refractivity contribution in [3.63, 3.8) is 0 Å². The number of carbonyl (C=O) groups excluding carboxylic acids is 1. The van der Waals surface area contributed by atoms with Crippen molar-refractivity contribution in [3.05, 3.63) is 23.5 Å². The second-order valence-corrected chi connectivity index (χ2v) is 2.22. The molecule has 0 spiro atoms. The summed E-state index contributed by atoms with van der Waals surface area (Å²) in [5, 5.41) is 0. The number of benzene rings is 1. The van der Waals surface area contributed by atoms with Gasteiger partial charge in [0.15, 0.2) is 11.5 Å². The monoisotopic (exact) mass is 153 g/mol. The standard InChI is InChI=1S/C7H4FNO2/c8-3-1-2-4-6(11-4)5(3)7(9)10/h1-2H,(H2,9,10). The Morgan fingerprint density at radius 2 is 2.27 bits per heavy atom. The maximum absolute atomic E-state index is 12.8. The van der Waals surface area contributed by atoms with Crippen molar-refractivity contribution in [2.45, 2.75) is 0 Å². The van der Waals surface area contributed by atoms with Crippen LogP contribution in [0.5, 0.6) is 11.5 Å². The summed E-state index contributed by atoms with van der Waals surface area (Å²) in [6.45, 7) is 0. The van der Waals surface area contributed by atoms with Crippen LogP contribution in [0, 0.1) is 5.82 Å². The van der Waals surface area contributed by atoms with Gasteiger partial charge in [-0.1, -0.05) is 0 Å². The summed E-state index contributed by atoms with van der Waals surface area (Å²) in [4.78, 5) is 10.6. The summed E-state index contributed by atoms with van der Waals surface area (Å²) in [7, 11) is 0. The molecule has 0 saturated heterocycles. The maximum Gasteiger partial charge on any atom is 0.255 e. The molecule has 4 heteroatoms. The van der Waals surface area contributed by atoms with Crippen molar-refractivity contribution in [3.8, 4) is 11.5 Å². The number of rotatable bonds is 1. The van der Waals surface area contributed by atoms with E-state index in [1.807, 2.05) is 0 Å². The van der Waals surface area contributed by atoms with Gasteiger partial charge in [-0.2, -0.15) is 0 Å². The van der Waals surface area contributed by atoms with Gasteiger partial charge in [0.1, 0.15) is 11.4 Å². The molecule has 0 aliphatic carbocycles. The zero-order chi connectivity index (χ0) is 8.01. The van der Waals surface area contributed by atoms with Gasteiger partial charge >= 0.3 is 0 Å². The van der Waals surface area contributed by atoms with Crippen LogP contribution in [0.2, 0.25) is 0 Å². The molecule has 0 saturated carbocycles. The number of ether oxygens (including phenoxy) is 1. The van der Waals surface area contributed by atoms with Gasteiger partial charge in [0, 0.05) is 0 Å². The zero-order valence-electron chi connectivity index (χ0n) is 5.43. The number of carbonyl (C=O) groups is 1. The molecule has 1 aliphatic rings. The highest BCUT2D eigenvalue weighted by Gasteiger charge is 2.30. The lowest BCUT2D eigenvalue weighted by Crippen LogP contribution is -2.11. The predicted octanol–water partition coefficient (Wildman–Crippen LogP) is 1.03. The quantitative estimate of drug-likeness (QED) is 0.622. The molecule has 56 valence electrons. The Labute approximate surface area is 61.6 Å². The van der Waals surface area contributed by atoms with Crippen LogP contribution in [-0.4, -0.2) is 5.91 Å². The molecular formula is C7H4FNO2. The van der Waals surface area contributed by atoms with Crippen molar-refractivity contribution in [1.82, 2.24) is 0 Å². The summed E-state index contributed by atoms with van der Waals surface area (Å²) in [5.41, 5.74) is 4.74. The molecule has 0 bridgehead atoms. The summed E-state index contributed by atoms with van der Waals surface area (Å²) >= 11 is 0. The second-order valence-electron chi connectivity index (χ2n) is 2.22. The molecule has 1 aromatic carbocycles. The average molecular weight is 153 g/mol. The third kappa shape index (κ3) is 0.756. The minimum Gasteiger partial charge on any atom is -0.449 e. The van der Waals surface area contributed by atoms with Crippen LogP contribution in [0.15, 0.2) is 12.1 Å². The molecule has 1 aromatic rings.